The number of halogens is 1. The topological polar surface area (TPSA) is 32.3 Å². The summed E-state index contributed by atoms with van der Waals surface area (Å²) in [5, 5.41) is 12.6. The van der Waals surface area contributed by atoms with Crippen molar-refractivity contribution in [3.63, 3.8) is 0 Å². The zero-order chi connectivity index (χ0) is 11.5. The van der Waals surface area contributed by atoms with Crippen LogP contribution < -0.4 is 5.32 Å². The lowest BCUT2D eigenvalue weighted by atomic mass is 10.1. The number of aryl methyl sites for hydroxylation is 1. The summed E-state index contributed by atoms with van der Waals surface area (Å²) < 4.78 is 12.8. The molecule has 2 N–H and O–H groups in total. The highest BCUT2D eigenvalue weighted by Crippen LogP contribution is 2.10. The van der Waals surface area contributed by atoms with Gasteiger partial charge >= 0.3 is 0 Å². The third-order valence-electron chi connectivity index (χ3n) is 2.18. The first-order chi connectivity index (χ1) is 6.88. The van der Waals surface area contributed by atoms with E-state index in [4.69, 9.17) is 0 Å². The van der Waals surface area contributed by atoms with Crippen molar-refractivity contribution in [3.05, 3.63) is 35.1 Å². The molecule has 0 unspecified atom stereocenters. The number of benzene rings is 1. The van der Waals surface area contributed by atoms with Crippen LogP contribution in [0.4, 0.5) is 4.39 Å². The smallest absolute Gasteiger partial charge is 0.123 e. The molecule has 15 heavy (non-hydrogen) atoms. The van der Waals surface area contributed by atoms with E-state index in [1.165, 1.54) is 12.1 Å². The van der Waals surface area contributed by atoms with Gasteiger partial charge in [-0.15, -0.1) is 0 Å². The molecule has 0 aromatic heterocycles. The molecule has 0 saturated heterocycles. The number of hydrogen-bond donors (Lipinski definition) is 2. The first-order valence-corrected chi connectivity index (χ1v) is 5.06. The van der Waals surface area contributed by atoms with Gasteiger partial charge in [-0.25, -0.2) is 4.39 Å². The van der Waals surface area contributed by atoms with Gasteiger partial charge in [-0.2, -0.15) is 0 Å². The van der Waals surface area contributed by atoms with E-state index in [9.17, 15) is 9.50 Å². The van der Waals surface area contributed by atoms with Crippen LogP contribution in [0, 0.1) is 12.7 Å². The molecule has 1 aromatic rings. The molecule has 3 heteroatoms. The Kier molecular flexibility index (Phi) is 3.83. The first kappa shape index (κ1) is 12.1. The Balaban J connectivity index is 2.51. The van der Waals surface area contributed by atoms with Crippen molar-refractivity contribution in [1.29, 1.82) is 0 Å². The van der Waals surface area contributed by atoms with Crippen molar-refractivity contribution < 1.29 is 9.50 Å². The number of rotatable bonds is 4. The van der Waals surface area contributed by atoms with Crippen molar-refractivity contribution in [3.8, 4) is 0 Å². The molecule has 0 radical (unpaired) electrons. The van der Waals surface area contributed by atoms with E-state index in [2.05, 4.69) is 5.32 Å². The summed E-state index contributed by atoms with van der Waals surface area (Å²) in [7, 11) is 0. The van der Waals surface area contributed by atoms with Crippen LogP contribution in [0.25, 0.3) is 0 Å². The van der Waals surface area contributed by atoms with Crippen LogP contribution in [-0.2, 0) is 6.54 Å². The summed E-state index contributed by atoms with van der Waals surface area (Å²) in [6.07, 6.45) is 0. The van der Waals surface area contributed by atoms with E-state index in [1.807, 2.05) is 6.92 Å². The van der Waals surface area contributed by atoms with Crippen molar-refractivity contribution in [2.24, 2.45) is 0 Å². The third-order valence-corrected chi connectivity index (χ3v) is 2.18. The molecule has 0 aliphatic rings. The highest BCUT2D eigenvalue weighted by Gasteiger charge is 2.11. The standard InChI is InChI=1S/C12H18FNO/c1-9-6-11(13)5-4-10(9)7-14-8-12(2,3)15/h4-6,14-15H,7-8H2,1-3H3. The molecule has 84 valence electrons. The van der Waals surface area contributed by atoms with Crippen LogP contribution in [0.5, 0.6) is 0 Å². The molecule has 0 spiro atoms. The van der Waals surface area contributed by atoms with E-state index in [-0.39, 0.29) is 5.82 Å². The Labute approximate surface area is 90.1 Å². The molecule has 0 bridgehead atoms. The third kappa shape index (κ3) is 4.40. The highest BCUT2D eigenvalue weighted by atomic mass is 19.1. The fraction of sp³-hybridized carbons (Fsp3) is 0.500. The van der Waals surface area contributed by atoms with Crippen LogP contribution in [0.15, 0.2) is 18.2 Å². The minimum Gasteiger partial charge on any atom is -0.389 e. The van der Waals surface area contributed by atoms with Crippen LogP contribution in [0.3, 0.4) is 0 Å². The lowest BCUT2D eigenvalue weighted by Gasteiger charge is -2.18. The normalized spacial score (nSPS) is 11.8. The SMILES string of the molecule is Cc1cc(F)ccc1CNCC(C)(C)O. The quantitative estimate of drug-likeness (QED) is 0.798. The second-order valence-electron chi connectivity index (χ2n) is 4.49. The van der Waals surface area contributed by atoms with Crippen LogP contribution in [-0.4, -0.2) is 17.3 Å². The van der Waals surface area contributed by atoms with E-state index in [1.54, 1.807) is 19.9 Å². The number of hydrogen-bond acceptors (Lipinski definition) is 2. The largest absolute Gasteiger partial charge is 0.389 e. The highest BCUT2D eigenvalue weighted by molar-refractivity contribution is 5.26. The molecule has 0 saturated carbocycles. The summed E-state index contributed by atoms with van der Waals surface area (Å²) >= 11 is 0. The molecule has 1 rings (SSSR count). The number of aliphatic hydroxyl groups is 1. The van der Waals surface area contributed by atoms with Gasteiger partial charge in [0.15, 0.2) is 0 Å². The van der Waals surface area contributed by atoms with E-state index < -0.39 is 5.60 Å². The zero-order valence-corrected chi connectivity index (χ0v) is 9.47. The maximum Gasteiger partial charge on any atom is 0.123 e. The predicted molar refractivity (Wildman–Crippen MR) is 59.1 cm³/mol. The van der Waals surface area contributed by atoms with Gasteiger partial charge in [-0.3, -0.25) is 0 Å². The molecule has 0 fully saturated rings. The summed E-state index contributed by atoms with van der Waals surface area (Å²) in [6, 6.07) is 4.73. The Morgan fingerprint density at radius 2 is 2.07 bits per heavy atom. The summed E-state index contributed by atoms with van der Waals surface area (Å²) in [5.41, 5.74) is 1.27. The van der Waals surface area contributed by atoms with E-state index in [0.29, 0.717) is 13.1 Å². The summed E-state index contributed by atoms with van der Waals surface area (Å²) in [4.78, 5) is 0. The minimum absolute atomic E-state index is 0.210. The van der Waals surface area contributed by atoms with Crippen molar-refractivity contribution in [2.75, 3.05) is 6.54 Å². The molecule has 0 amide bonds. The molecule has 0 aliphatic carbocycles. The van der Waals surface area contributed by atoms with Crippen LogP contribution in [0.2, 0.25) is 0 Å². The number of nitrogens with one attached hydrogen (secondary N) is 1. The zero-order valence-electron chi connectivity index (χ0n) is 9.47. The van der Waals surface area contributed by atoms with Crippen LogP contribution >= 0.6 is 0 Å². The van der Waals surface area contributed by atoms with Crippen molar-refractivity contribution >= 4 is 0 Å². The summed E-state index contributed by atoms with van der Waals surface area (Å²) in [6.45, 7) is 6.54. The fourth-order valence-electron chi connectivity index (χ4n) is 1.36. The Morgan fingerprint density at radius 3 is 2.60 bits per heavy atom. The lowest BCUT2D eigenvalue weighted by Crippen LogP contribution is -2.34. The molecular formula is C12H18FNO. The average molecular weight is 211 g/mol. The molecule has 1 aromatic carbocycles. The maximum atomic E-state index is 12.8. The Hall–Kier alpha value is -0.930. The second kappa shape index (κ2) is 4.73. The lowest BCUT2D eigenvalue weighted by molar-refractivity contribution is 0.0795. The van der Waals surface area contributed by atoms with Gasteiger partial charge < -0.3 is 10.4 Å². The molecular weight excluding hydrogens is 193 g/mol. The van der Waals surface area contributed by atoms with Gasteiger partial charge in [0.2, 0.25) is 0 Å². The maximum absolute atomic E-state index is 12.8. The molecule has 0 aliphatic heterocycles. The predicted octanol–water partition coefficient (Wildman–Crippen LogP) is 1.99. The monoisotopic (exact) mass is 211 g/mol. The van der Waals surface area contributed by atoms with Gasteiger partial charge in [0.05, 0.1) is 5.60 Å². The fourth-order valence-corrected chi connectivity index (χ4v) is 1.36. The Morgan fingerprint density at radius 1 is 1.40 bits per heavy atom. The second-order valence-corrected chi connectivity index (χ2v) is 4.49. The Bertz CT molecular complexity index is 331. The molecule has 0 heterocycles. The van der Waals surface area contributed by atoms with E-state index >= 15 is 0 Å². The van der Waals surface area contributed by atoms with Gasteiger partial charge in [0.1, 0.15) is 5.82 Å². The van der Waals surface area contributed by atoms with Gasteiger partial charge in [0, 0.05) is 13.1 Å². The van der Waals surface area contributed by atoms with Crippen molar-refractivity contribution in [1.82, 2.24) is 5.32 Å². The summed E-state index contributed by atoms with van der Waals surface area (Å²) in [5.74, 6) is -0.210. The van der Waals surface area contributed by atoms with Crippen molar-refractivity contribution in [2.45, 2.75) is 32.9 Å². The first-order valence-electron chi connectivity index (χ1n) is 5.06. The molecule has 2 nitrogen and oxygen atoms in total. The minimum atomic E-state index is -0.714. The van der Waals surface area contributed by atoms with Gasteiger partial charge in [-0.1, -0.05) is 6.07 Å². The van der Waals surface area contributed by atoms with E-state index in [0.717, 1.165) is 11.1 Å². The van der Waals surface area contributed by atoms with Gasteiger partial charge in [0.25, 0.3) is 0 Å². The van der Waals surface area contributed by atoms with Crippen LogP contribution in [0.1, 0.15) is 25.0 Å². The average Bonchev–Trinajstić information content (AvgIpc) is 2.07. The molecule has 0 atom stereocenters. The van der Waals surface area contributed by atoms with Gasteiger partial charge in [-0.05, 0) is 44.0 Å².